The maximum Gasteiger partial charge on any atom is 0.261 e. The lowest BCUT2D eigenvalue weighted by atomic mass is 10.1. The molecule has 6 heteroatoms. The average molecular weight is 402 g/mol. The van der Waals surface area contributed by atoms with Gasteiger partial charge in [0.15, 0.2) is 0 Å². The molecule has 0 unspecified atom stereocenters. The molecular formula is C24H26N4O2. The zero-order valence-electron chi connectivity index (χ0n) is 17.1. The Morgan fingerprint density at radius 3 is 2.37 bits per heavy atom. The predicted molar refractivity (Wildman–Crippen MR) is 120 cm³/mol. The Morgan fingerprint density at radius 1 is 0.967 bits per heavy atom. The first-order valence-electron chi connectivity index (χ1n) is 10.2. The first kappa shape index (κ1) is 20.1. The number of carbonyl (C=O) groups excluding carboxylic acids is 1. The molecule has 1 fully saturated rings. The van der Waals surface area contributed by atoms with Gasteiger partial charge in [-0.1, -0.05) is 42.5 Å². The molecule has 1 aliphatic heterocycles. The highest BCUT2D eigenvalue weighted by molar-refractivity contribution is 6.04. The Kier molecular flexibility index (Phi) is 6.07. The zero-order valence-corrected chi connectivity index (χ0v) is 17.1. The van der Waals surface area contributed by atoms with Crippen LogP contribution in [0.4, 0.5) is 5.69 Å². The maximum absolute atomic E-state index is 12.7. The molecule has 0 bridgehead atoms. The number of piperazine rings is 1. The third-order valence-electron chi connectivity index (χ3n) is 5.47. The second kappa shape index (κ2) is 9.07. The molecule has 2 aromatic carbocycles. The summed E-state index contributed by atoms with van der Waals surface area (Å²) in [6.07, 6.45) is 1.63. The molecule has 0 aliphatic carbocycles. The number of anilines is 1. The molecule has 3 aromatic rings. The molecule has 2 N–H and O–H groups in total. The highest BCUT2D eigenvalue weighted by atomic mass is 16.2. The molecule has 6 nitrogen and oxygen atoms in total. The van der Waals surface area contributed by atoms with Crippen molar-refractivity contribution in [1.29, 1.82) is 0 Å². The highest BCUT2D eigenvalue weighted by Gasteiger charge is 2.15. The number of aromatic amines is 1. The van der Waals surface area contributed by atoms with Gasteiger partial charge in [-0.15, -0.1) is 0 Å². The van der Waals surface area contributed by atoms with Crippen LogP contribution in [0.1, 0.15) is 15.9 Å². The van der Waals surface area contributed by atoms with Gasteiger partial charge in [-0.2, -0.15) is 0 Å². The summed E-state index contributed by atoms with van der Waals surface area (Å²) in [6, 6.07) is 19.1. The third-order valence-corrected chi connectivity index (χ3v) is 5.47. The number of hydrogen-bond acceptors (Lipinski definition) is 4. The van der Waals surface area contributed by atoms with E-state index in [1.54, 1.807) is 12.3 Å². The minimum absolute atomic E-state index is 0.0952. The summed E-state index contributed by atoms with van der Waals surface area (Å²) in [5, 5.41) is 2.84. The van der Waals surface area contributed by atoms with Gasteiger partial charge in [0.1, 0.15) is 5.56 Å². The number of hydrogen-bond donors (Lipinski definition) is 2. The molecular weight excluding hydrogens is 376 g/mol. The topological polar surface area (TPSA) is 68.4 Å². The largest absolute Gasteiger partial charge is 0.328 e. The summed E-state index contributed by atoms with van der Waals surface area (Å²) < 4.78 is 0. The number of pyridine rings is 1. The quantitative estimate of drug-likeness (QED) is 0.688. The molecule has 30 heavy (non-hydrogen) atoms. The van der Waals surface area contributed by atoms with Crippen LogP contribution in [0.2, 0.25) is 0 Å². The SMILES string of the molecule is CN1CCN(Cc2ccc(NC(=O)c3cc(-c4ccccc4)c[nH]c3=O)cc2)CC1. The Morgan fingerprint density at radius 2 is 1.67 bits per heavy atom. The van der Waals surface area contributed by atoms with Crippen LogP contribution in [-0.2, 0) is 6.54 Å². The smallest absolute Gasteiger partial charge is 0.261 e. The summed E-state index contributed by atoms with van der Waals surface area (Å²) in [7, 11) is 2.15. The van der Waals surface area contributed by atoms with Crippen molar-refractivity contribution in [1.82, 2.24) is 14.8 Å². The summed E-state index contributed by atoms with van der Waals surface area (Å²) in [4.78, 5) is 32.4. The minimum Gasteiger partial charge on any atom is -0.328 e. The van der Waals surface area contributed by atoms with E-state index in [-0.39, 0.29) is 5.56 Å². The number of amides is 1. The molecule has 1 saturated heterocycles. The van der Waals surface area contributed by atoms with E-state index in [0.717, 1.165) is 43.9 Å². The van der Waals surface area contributed by atoms with Crippen molar-refractivity contribution in [2.24, 2.45) is 0 Å². The lowest BCUT2D eigenvalue weighted by Gasteiger charge is -2.32. The number of rotatable bonds is 5. The molecule has 0 radical (unpaired) electrons. The number of carbonyl (C=O) groups is 1. The van der Waals surface area contributed by atoms with Crippen LogP contribution in [0, 0.1) is 0 Å². The first-order valence-corrected chi connectivity index (χ1v) is 10.2. The van der Waals surface area contributed by atoms with Crippen molar-refractivity contribution in [3.05, 3.63) is 88.3 Å². The molecule has 2 heterocycles. The zero-order chi connectivity index (χ0) is 20.9. The molecule has 1 amide bonds. The van der Waals surface area contributed by atoms with Crippen LogP contribution < -0.4 is 10.9 Å². The van der Waals surface area contributed by atoms with E-state index in [0.29, 0.717) is 5.69 Å². The fraction of sp³-hybridized carbons (Fsp3) is 0.250. The second-order valence-corrected chi connectivity index (χ2v) is 7.73. The van der Waals surface area contributed by atoms with Crippen molar-refractivity contribution in [3.8, 4) is 11.1 Å². The fourth-order valence-corrected chi connectivity index (χ4v) is 3.61. The average Bonchev–Trinajstić information content (AvgIpc) is 2.77. The number of H-pyrrole nitrogens is 1. The van der Waals surface area contributed by atoms with E-state index in [4.69, 9.17) is 0 Å². The van der Waals surface area contributed by atoms with Crippen LogP contribution in [0.5, 0.6) is 0 Å². The molecule has 0 atom stereocenters. The van der Waals surface area contributed by atoms with Gasteiger partial charge in [-0.25, -0.2) is 0 Å². The standard InChI is InChI=1S/C24H26N4O2/c1-27-11-13-28(14-12-27)17-18-7-9-21(10-8-18)26-24(30)22-15-20(16-25-23(22)29)19-5-3-2-4-6-19/h2-10,15-16H,11-14,17H2,1H3,(H,25,29)(H,26,30). The maximum atomic E-state index is 12.7. The second-order valence-electron chi connectivity index (χ2n) is 7.73. The van der Waals surface area contributed by atoms with E-state index in [1.807, 2.05) is 54.6 Å². The Bertz CT molecular complexity index is 1050. The summed E-state index contributed by atoms with van der Waals surface area (Å²) in [5.41, 5.74) is 3.31. The van der Waals surface area contributed by atoms with Gasteiger partial charge in [0, 0.05) is 44.6 Å². The Labute approximate surface area is 176 Å². The third kappa shape index (κ3) is 4.84. The lowest BCUT2D eigenvalue weighted by molar-refractivity contribution is 0.102. The first-order chi connectivity index (χ1) is 14.6. The van der Waals surface area contributed by atoms with Crippen molar-refractivity contribution in [2.75, 3.05) is 38.5 Å². The van der Waals surface area contributed by atoms with Crippen LogP contribution in [0.15, 0.2) is 71.7 Å². The monoisotopic (exact) mass is 402 g/mol. The number of aromatic nitrogens is 1. The van der Waals surface area contributed by atoms with Gasteiger partial charge >= 0.3 is 0 Å². The van der Waals surface area contributed by atoms with E-state index in [2.05, 4.69) is 27.1 Å². The fourth-order valence-electron chi connectivity index (χ4n) is 3.61. The molecule has 4 rings (SSSR count). The molecule has 1 aromatic heterocycles. The Balaban J connectivity index is 1.43. The van der Waals surface area contributed by atoms with Crippen molar-refractivity contribution < 1.29 is 4.79 Å². The van der Waals surface area contributed by atoms with E-state index >= 15 is 0 Å². The summed E-state index contributed by atoms with van der Waals surface area (Å²) in [5.74, 6) is -0.416. The summed E-state index contributed by atoms with van der Waals surface area (Å²) >= 11 is 0. The van der Waals surface area contributed by atoms with Crippen LogP contribution in [0.3, 0.4) is 0 Å². The predicted octanol–water partition coefficient (Wildman–Crippen LogP) is 3.04. The molecule has 1 aliphatic rings. The number of nitrogens with one attached hydrogen (secondary N) is 2. The van der Waals surface area contributed by atoms with Crippen molar-refractivity contribution >= 4 is 11.6 Å². The van der Waals surface area contributed by atoms with E-state index < -0.39 is 11.5 Å². The van der Waals surface area contributed by atoms with Gasteiger partial charge in [-0.3, -0.25) is 14.5 Å². The van der Waals surface area contributed by atoms with Crippen LogP contribution >= 0.6 is 0 Å². The Hall–Kier alpha value is -3.22. The highest BCUT2D eigenvalue weighted by Crippen LogP contribution is 2.18. The van der Waals surface area contributed by atoms with Crippen LogP contribution in [0.25, 0.3) is 11.1 Å². The number of likely N-dealkylation sites (N-methyl/N-ethyl adjacent to an activating group) is 1. The number of nitrogens with zero attached hydrogens (tertiary/aromatic N) is 2. The van der Waals surface area contributed by atoms with Gasteiger partial charge in [0.05, 0.1) is 0 Å². The summed E-state index contributed by atoms with van der Waals surface area (Å²) in [6.45, 7) is 5.21. The van der Waals surface area contributed by atoms with Gasteiger partial charge < -0.3 is 15.2 Å². The van der Waals surface area contributed by atoms with Gasteiger partial charge in [0.2, 0.25) is 0 Å². The normalized spacial score (nSPS) is 15.1. The lowest BCUT2D eigenvalue weighted by Crippen LogP contribution is -2.43. The molecule has 154 valence electrons. The molecule has 0 spiro atoms. The van der Waals surface area contributed by atoms with Gasteiger partial charge in [-0.05, 0) is 41.9 Å². The van der Waals surface area contributed by atoms with Crippen molar-refractivity contribution in [2.45, 2.75) is 6.54 Å². The van der Waals surface area contributed by atoms with Gasteiger partial charge in [0.25, 0.3) is 11.5 Å². The minimum atomic E-state index is -0.416. The molecule has 0 saturated carbocycles. The van der Waals surface area contributed by atoms with Crippen molar-refractivity contribution in [3.63, 3.8) is 0 Å². The van der Waals surface area contributed by atoms with E-state index in [9.17, 15) is 9.59 Å². The number of benzene rings is 2. The van der Waals surface area contributed by atoms with Crippen LogP contribution in [-0.4, -0.2) is 53.9 Å². The van der Waals surface area contributed by atoms with E-state index in [1.165, 1.54) is 5.56 Å².